The molecule has 1 aliphatic carbocycles. The lowest BCUT2D eigenvalue weighted by molar-refractivity contribution is -0.162. The predicted molar refractivity (Wildman–Crippen MR) is 56.5 cm³/mol. The van der Waals surface area contributed by atoms with Crippen molar-refractivity contribution in [3.8, 4) is 5.75 Å². The summed E-state index contributed by atoms with van der Waals surface area (Å²) in [5.74, 6) is 0.142. The highest BCUT2D eigenvalue weighted by Crippen LogP contribution is 2.60. The Kier molecular flexibility index (Phi) is 2.11. The van der Waals surface area contributed by atoms with E-state index in [1.165, 1.54) is 30.1 Å². The lowest BCUT2D eigenvalue weighted by Gasteiger charge is -2.20. The van der Waals surface area contributed by atoms with Crippen LogP contribution in [0.25, 0.3) is 5.65 Å². The largest absolute Gasteiger partial charge is 0.495 e. The molecule has 1 aliphatic rings. The van der Waals surface area contributed by atoms with Crippen LogP contribution in [-0.2, 0) is 5.41 Å². The van der Waals surface area contributed by atoms with E-state index >= 15 is 0 Å². The Morgan fingerprint density at radius 1 is 1.39 bits per heavy atom. The van der Waals surface area contributed by atoms with Crippen LogP contribution < -0.4 is 4.74 Å². The van der Waals surface area contributed by atoms with Crippen molar-refractivity contribution in [2.45, 2.75) is 24.4 Å². The normalized spacial score (nSPS) is 18.0. The molecule has 18 heavy (non-hydrogen) atoms. The van der Waals surface area contributed by atoms with Crippen LogP contribution in [0.2, 0.25) is 0 Å². The molecule has 3 rings (SSSR count). The third-order valence-corrected chi connectivity index (χ3v) is 3.32. The van der Waals surface area contributed by atoms with Gasteiger partial charge in [-0.3, -0.25) is 0 Å². The summed E-state index contributed by atoms with van der Waals surface area (Å²) in [4.78, 5) is 3.97. The number of hydrogen-bond acceptors (Lipinski definition) is 3. The van der Waals surface area contributed by atoms with Crippen molar-refractivity contribution in [3.05, 3.63) is 24.2 Å². The van der Waals surface area contributed by atoms with Gasteiger partial charge in [0.2, 0.25) is 0 Å². The molecule has 1 saturated carbocycles. The van der Waals surface area contributed by atoms with E-state index in [4.69, 9.17) is 4.74 Å². The minimum absolute atomic E-state index is 0.0528. The third-order valence-electron chi connectivity index (χ3n) is 3.32. The highest BCUT2D eigenvalue weighted by Gasteiger charge is 2.66. The number of rotatable bonds is 2. The molecule has 0 spiro atoms. The molecule has 2 heterocycles. The monoisotopic (exact) mass is 257 g/mol. The molecule has 7 heteroatoms. The summed E-state index contributed by atoms with van der Waals surface area (Å²) in [5.41, 5.74) is -1.44. The number of imidazole rings is 1. The fraction of sp³-hybridized carbons (Fsp3) is 0.455. The molecule has 2 aromatic rings. The van der Waals surface area contributed by atoms with Crippen molar-refractivity contribution in [1.82, 2.24) is 14.6 Å². The van der Waals surface area contributed by atoms with Gasteiger partial charge in [-0.25, -0.2) is 9.50 Å². The fourth-order valence-electron chi connectivity index (χ4n) is 2.11. The summed E-state index contributed by atoms with van der Waals surface area (Å²) in [6.07, 6.45) is -1.19. The lowest BCUT2D eigenvalue weighted by Crippen LogP contribution is -2.30. The minimum Gasteiger partial charge on any atom is -0.495 e. The Morgan fingerprint density at radius 2 is 2.11 bits per heavy atom. The molecule has 0 atom stereocenters. The Balaban J connectivity index is 2.22. The lowest BCUT2D eigenvalue weighted by atomic mass is 10.0. The first kappa shape index (κ1) is 11.3. The molecule has 0 unspecified atom stereocenters. The number of aromatic nitrogens is 3. The number of methoxy groups -OCH3 is 1. The van der Waals surface area contributed by atoms with Crippen LogP contribution >= 0.6 is 0 Å². The summed E-state index contributed by atoms with van der Waals surface area (Å²) >= 11 is 0. The molecule has 0 bridgehead atoms. The summed E-state index contributed by atoms with van der Waals surface area (Å²) in [6, 6.07) is 1.48. The Labute approximate surface area is 100 Å². The standard InChI is InChI=1S/C11H10F3N3O/c1-18-7-6-8-15-4-5-17(8)16-9(7)10(2-3-10)11(12,13)14/h4-6H,2-3H2,1H3. The molecule has 0 amide bonds. The van der Waals surface area contributed by atoms with Gasteiger partial charge in [0.25, 0.3) is 0 Å². The van der Waals surface area contributed by atoms with Crippen LogP contribution in [0.5, 0.6) is 5.75 Å². The average Bonchev–Trinajstić information content (AvgIpc) is 3.01. The molecular weight excluding hydrogens is 247 g/mol. The topological polar surface area (TPSA) is 39.4 Å². The highest BCUT2D eigenvalue weighted by molar-refractivity contribution is 5.49. The van der Waals surface area contributed by atoms with Gasteiger partial charge in [0, 0.05) is 18.5 Å². The zero-order valence-corrected chi connectivity index (χ0v) is 9.53. The maximum Gasteiger partial charge on any atom is 0.400 e. The van der Waals surface area contributed by atoms with Crippen molar-refractivity contribution in [3.63, 3.8) is 0 Å². The van der Waals surface area contributed by atoms with Gasteiger partial charge in [-0.1, -0.05) is 0 Å². The smallest absolute Gasteiger partial charge is 0.400 e. The van der Waals surface area contributed by atoms with E-state index in [9.17, 15) is 13.2 Å². The van der Waals surface area contributed by atoms with Crippen LogP contribution in [0.1, 0.15) is 18.5 Å². The number of hydrogen-bond donors (Lipinski definition) is 0. The highest BCUT2D eigenvalue weighted by atomic mass is 19.4. The quantitative estimate of drug-likeness (QED) is 0.828. The van der Waals surface area contributed by atoms with Crippen molar-refractivity contribution >= 4 is 5.65 Å². The maximum atomic E-state index is 13.1. The summed E-state index contributed by atoms with van der Waals surface area (Å²) in [7, 11) is 1.34. The molecule has 2 aromatic heterocycles. The first-order valence-corrected chi connectivity index (χ1v) is 5.43. The van der Waals surface area contributed by atoms with Gasteiger partial charge in [0.05, 0.1) is 7.11 Å². The number of nitrogens with zero attached hydrogens (tertiary/aromatic N) is 3. The van der Waals surface area contributed by atoms with E-state index in [1.807, 2.05) is 0 Å². The molecule has 0 radical (unpaired) electrons. The summed E-state index contributed by atoms with van der Waals surface area (Å²) in [5, 5.41) is 4.02. The molecule has 4 nitrogen and oxygen atoms in total. The molecular formula is C11H10F3N3O. The van der Waals surface area contributed by atoms with Crippen LogP contribution in [0, 0.1) is 0 Å². The van der Waals surface area contributed by atoms with E-state index in [2.05, 4.69) is 10.1 Å². The number of ether oxygens (including phenoxy) is 1. The van der Waals surface area contributed by atoms with Crippen LogP contribution in [0.4, 0.5) is 13.2 Å². The number of alkyl halides is 3. The van der Waals surface area contributed by atoms with Crippen LogP contribution in [0.15, 0.2) is 18.5 Å². The van der Waals surface area contributed by atoms with E-state index in [0.29, 0.717) is 5.65 Å². The van der Waals surface area contributed by atoms with Crippen molar-refractivity contribution < 1.29 is 17.9 Å². The SMILES string of the molecule is COc1cc2nccn2nc1C1(C(F)(F)F)CC1. The Bertz CT molecular complexity index is 601. The predicted octanol–water partition coefficient (Wildman–Crippen LogP) is 2.33. The average molecular weight is 257 g/mol. The van der Waals surface area contributed by atoms with Gasteiger partial charge >= 0.3 is 6.18 Å². The van der Waals surface area contributed by atoms with Gasteiger partial charge in [-0.2, -0.15) is 18.3 Å². The first-order chi connectivity index (χ1) is 8.48. The van der Waals surface area contributed by atoms with Gasteiger partial charge < -0.3 is 4.74 Å². The second-order valence-electron chi connectivity index (χ2n) is 4.37. The van der Waals surface area contributed by atoms with Gasteiger partial charge in [0.1, 0.15) is 16.9 Å². The molecule has 96 valence electrons. The summed E-state index contributed by atoms with van der Waals surface area (Å²) in [6.45, 7) is 0. The van der Waals surface area contributed by atoms with E-state index in [-0.39, 0.29) is 24.3 Å². The molecule has 0 aliphatic heterocycles. The Hall–Kier alpha value is -1.79. The maximum absolute atomic E-state index is 13.1. The van der Waals surface area contributed by atoms with Crippen molar-refractivity contribution in [2.24, 2.45) is 0 Å². The zero-order valence-electron chi connectivity index (χ0n) is 9.53. The van der Waals surface area contributed by atoms with Gasteiger partial charge in [0.15, 0.2) is 5.65 Å². The summed E-state index contributed by atoms with van der Waals surface area (Å²) < 4.78 is 45.7. The third kappa shape index (κ3) is 1.39. The van der Waals surface area contributed by atoms with E-state index in [1.54, 1.807) is 0 Å². The first-order valence-electron chi connectivity index (χ1n) is 5.43. The van der Waals surface area contributed by atoms with E-state index in [0.717, 1.165) is 0 Å². The zero-order chi connectivity index (χ0) is 13.0. The molecule has 0 N–H and O–H groups in total. The van der Waals surface area contributed by atoms with Gasteiger partial charge in [-0.15, -0.1) is 0 Å². The van der Waals surface area contributed by atoms with Crippen LogP contribution in [0.3, 0.4) is 0 Å². The minimum atomic E-state index is -4.30. The van der Waals surface area contributed by atoms with E-state index < -0.39 is 11.6 Å². The second kappa shape index (κ2) is 3.37. The fourth-order valence-corrected chi connectivity index (χ4v) is 2.11. The molecule has 1 fully saturated rings. The van der Waals surface area contributed by atoms with Crippen LogP contribution in [-0.4, -0.2) is 27.9 Å². The second-order valence-corrected chi connectivity index (χ2v) is 4.37. The molecule has 0 aromatic carbocycles. The number of halogens is 3. The Morgan fingerprint density at radius 3 is 2.67 bits per heavy atom. The van der Waals surface area contributed by atoms with Crippen molar-refractivity contribution in [2.75, 3.05) is 7.11 Å². The van der Waals surface area contributed by atoms with Crippen molar-refractivity contribution in [1.29, 1.82) is 0 Å². The molecule has 0 saturated heterocycles. The number of fused-ring (bicyclic) bond motifs is 1. The van der Waals surface area contributed by atoms with Gasteiger partial charge in [-0.05, 0) is 12.8 Å².